The highest BCUT2D eigenvalue weighted by molar-refractivity contribution is 5.78. The summed E-state index contributed by atoms with van der Waals surface area (Å²) in [6, 6.07) is 6.14. The Morgan fingerprint density at radius 2 is 1.80 bits per heavy atom. The third kappa shape index (κ3) is 4.51. The molecule has 3 rings (SSSR count). The summed E-state index contributed by atoms with van der Waals surface area (Å²) in [6.07, 6.45) is 3.46. The molecule has 136 valence electrons. The molecule has 1 aromatic rings. The maximum Gasteiger partial charge on any atom is 0.260 e. The number of ether oxygens (including phenoxy) is 1. The van der Waals surface area contributed by atoms with Crippen molar-refractivity contribution in [2.75, 3.05) is 53.4 Å². The van der Waals surface area contributed by atoms with E-state index in [1.807, 2.05) is 11.0 Å². The third-order valence-electron chi connectivity index (χ3n) is 5.01. The van der Waals surface area contributed by atoms with E-state index in [2.05, 4.69) is 17.0 Å². The Morgan fingerprint density at radius 3 is 2.52 bits per heavy atom. The lowest BCUT2D eigenvalue weighted by molar-refractivity contribution is -0.136. The van der Waals surface area contributed by atoms with E-state index in [-0.39, 0.29) is 18.4 Å². The van der Waals surface area contributed by atoms with Crippen LogP contribution in [0.15, 0.2) is 18.2 Å². The van der Waals surface area contributed by atoms with Crippen LogP contribution < -0.4 is 4.74 Å². The van der Waals surface area contributed by atoms with Gasteiger partial charge >= 0.3 is 0 Å². The first-order valence-electron chi connectivity index (χ1n) is 8.98. The van der Waals surface area contributed by atoms with E-state index in [1.165, 1.54) is 17.5 Å². The Hall–Kier alpha value is -2.08. The Balaban J connectivity index is 1.43. The molecular formula is C19H27N3O3. The Kier molecular flexibility index (Phi) is 5.58. The van der Waals surface area contributed by atoms with Crippen molar-refractivity contribution in [2.45, 2.75) is 19.3 Å². The van der Waals surface area contributed by atoms with Crippen LogP contribution in [0.1, 0.15) is 17.5 Å². The molecule has 0 unspecified atom stereocenters. The number of piperazine rings is 1. The van der Waals surface area contributed by atoms with Crippen LogP contribution in [0.25, 0.3) is 0 Å². The van der Waals surface area contributed by atoms with E-state index < -0.39 is 0 Å². The topological polar surface area (TPSA) is 53.1 Å². The van der Waals surface area contributed by atoms with Gasteiger partial charge in [-0.3, -0.25) is 14.5 Å². The number of carbonyl (C=O) groups excluding carboxylic acids is 2. The number of carbonyl (C=O) groups is 2. The summed E-state index contributed by atoms with van der Waals surface area (Å²) in [7, 11) is 3.52. The minimum absolute atomic E-state index is 0.0130. The fourth-order valence-corrected chi connectivity index (χ4v) is 3.36. The lowest BCUT2D eigenvalue weighted by atomic mass is 10.1. The van der Waals surface area contributed by atoms with E-state index in [0.717, 1.165) is 31.7 Å². The lowest BCUT2D eigenvalue weighted by Gasteiger charge is -2.34. The van der Waals surface area contributed by atoms with Crippen LogP contribution in [-0.2, 0) is 22.4 Å². The number of fused-ring (bicyclic) bond motifs is 1. The van der Waals surface area contributed by atoms with E-state index in [4.69, 9.17) is 4.74 Å². The number of amides is 2. The molecule has 0 atom stereocenters. The summed E-state index contributed by atoms with van der Waals surface area (Å²) in [4.78, 5) is 29.6. The summed E-state index contributed by atoms with van der Waals surface area (Å²) >= 11 is 0. The number of likely N-dealkylation sites (N-methyl/N-ethyl adjacent to an activating group) is 1. The zero-order valence-corrected chi connectivity index (χ0v) is 15.2. The van der Waals surface area contributed by atoms with Gasteiger partial charge in [-0.15, -0.1) is 0 Å². The van der Waals surface area contributed by atoms with Gasteiger partial charge in [0, 0.05) is 40.3 Å². The number of benzene rings is 1. The number of aryl methyl sites for hydroxylation is 2. The highest BCUT2D eigenvalue weighted by Gasteiger charge is 2.23. The molecule has 1 fully saturated rings. The molecule has 0 N–H and O–H groups in total. The molecule has 0 radical (unpaired) electrons. The summed E-state index contributed by atoms with van der Waals surface area (Å²) in [5.74, 6) is 0.892. The van der Waals surface area contributed by atoms with Gasteiger partial charge in [-0.1, -0.05) is 6.07 Å². The Labute approximate surface area is 149 Å². The average molecular weight is 345 g/mol. The number of nitrogens with zero attached hydrogens (tertiary/aromatic N) is 3. The predicted octanol–water partition coefficient (Wildman–Crippen LogP) is 0.787. The lowest BCUT2D eigenvalue weighted by Crippen LogP contribution is -2.51. The van der Waals surface area contributed by atoms with Crippen molar-refractivity contribution in [2.24, 2.45) is 0 Å². The molecule has 0 saturated carbocycles. The third-order valence-corrected chi connectivity index (χ3v) is 5.01. The molecule has 25 heavy (non-hydrogen) atoms. The maximum atomic E-state index is 12.3. The van der Waals surface area contributed by atoms with Crippen molar-refractivity contribution in [1.29, 1.82) is 0 Å². The largest absolute Gasteiger partial charge is 0.484 e. The van der Waals surface area contributed by atoms with Gasteiger partial charge in [-0.2, -0.15) is 0 Å². The minimum atomic E-state index is 0.0130. The van der Waals surface area contributed by atoms with E-state index in [0.29, 0.717) is 19.6 Å². The SMILES string of the molecule is CN(C)C(=O)CN1CCN(C(=O)COc2ccc3c(c2)CCC3)CC1. The molecule has 1 saturated heterocycles. The summed E-state index contributed by atoms with van der Waals surface area (Å²) in [6.45, 7) is 3.24. The summed E-state index contributed by atoms with van der Waals surface area (Å²) in [5, 5.41) is 0. The molecule has 1 heterocycles. The second-order valence-corrected chi connectivity index (χ2v) is 7.02. The first kappa shape index (κ1) is 17.7. The van der Waals surface area contributed by atoms with Gasteiger partial charge in [0.1, 0.15) is 5.75 Å². The molecule has 1 aromatic carbocycles. The zero-order valence-electron chi connectivity index (χ0n) is 15.2. The molecule has 0 spiro atoms. The summed E-state index contributed by atoms with van der Waals surface area (Å²) in [5.41, 5.74) is 2.76. The van der Waals surface area contributed by atoms with Crippen molar-refractivity contribution >= 4 is 11.8 Å². The highest BCUT2D eigenvalue weighted by atomic mass is 16.5. The highest BCUT2D eigenvalue weighted by Crippen LogP contribution is 2.26. The van der Waals surface area contributed by atoms with Gasteiger partial charge in [-0.05, 0) is 42.5 Å². The smallest absolute Gasteiger partial charge is 0.260 e. The van der Waals surface area contributed by atoms with Gasteiger partial charge in [0.2, 0.25) is 5.91 Å². The monoisotopic (exact) mass is 345 g/mol. The first-order valence-corrected chi connectivity index (χ1v) is 8.98. The predicted molar refractivity (Wildman–Crippen MR) is 95.7 cm³/mol. The minimum Gasteiger partial charge on any atom is -0.484 e. The van der Waals surface area contributed by atoms with Crippen molar-refractivity contribution in [1.82, 2.24) is 14.7 Å². The number of hydrogen-bond acceptors (Lipinski definition) is 4. The van der Waals surface area contributed by atoms with Crippen LogP contribution in [0, 0.1) is 0 Å². The van der Waals surface area contributed by atoms with Crippen LogP contribution in [0.5, 0.6) is 5.75 Å². The quantitative estimate of drug-likeness (QED) is 0.792. The van der Waals surface area contributed by atoms with Gasteiger partial charge in [0.15, 0.2) is 6.61 Å². The van der Waals surface area contributed by atoms with E-state index in [1.54, 1.807) is 19.0 Å². The van der Waals surface area contributed by atoms with Gasteiger partial charge in [0.05, 0.1) is 6.54 Å². The van der Waals surface area contributed by atoms with Crippen LogP contribution in [0.2, 0.25) is 0 Å². The molecule has 0 aromatic heterocycles. The molecule has 1 aliphatic carbocycles. The van der Waals surface area contributed by atoms with E-state index >= 15 is 0 Å². The molecule has 6 heteroatoms. The summed E-state index contributed by atoms with van der Waals surface area (Å²) < 4.78 is 5.70. The van der Waals surface area contributed by atoms with Gasteiger partial charge < -0.3 is 14.5 Å². The second-order valence-electron chi connectivity index (χ2n) is 7.02. The Bertz CT molecular complexity index is 637. The van der Waals surface area contributed by atoms with Crippen molar-refractivity contribution in [3.05, 3.63) is 29.3 Å². The van der Waals surface area contributed by atoms with Crippen molar-refractivity contribution in [3.63, 3.8) is 0 Å². The fourth-order valence-electron chi connectivity index (χ4n) is 3.36. The number of rotatable bonds is 5. The van der Waals surface area contributed by atoms with Gasteiger partial charge in [-0.25, -0.2) is 0 Å². The first-order chi connectivity index (χ1) is 12.0. The number of hydrogen-bond donors (Lipinski definition) is 0. The molecule has 0 bridgehead atoms. The molecular weight excluding hydrogens is 318 g/mol. The van der Waals surface area contributed by atoms with Crippen molar-refractivity contribution < 1.29 is 14.3 Å². The molecule has 2 amide bonds. The maximum absolute atomic E-state index is 12.3. The van der Waals surface area contributed by atoms with Gasteiger partial charge in [0.25, 0.3) is 5.91 Å². The zero-order chi connectivity index (χ0) is 17.8. The molecule has 2 aliphatic rings. The van der Waals surface area contributed by atoms with Crippen LogP contribution in [0.3, 0.4) is 0 Å². The Morgan fingerprint density at radius 1 is 1.08 bits per heavy atom. The molecule has 1 aliphatic heterocycles. The van der Waals surface area contributed by atoms with Crippen LogP contribution >= 0.6 is 0 Å². The second kappa shape index (κ2) is 7.87. The fraction of sp³-hybridized carbons (Fsp3) is 0.579. The van der Waals surface area contributed by atoms with Crippen LogP contribution in [0.4, 0.5) is 0 Å². The van der Waals surface area contributed by atoms with Crippen LogP contribution in [-0.4, -0.2) is 79.9 Å². The van der Waals surface area contributed by atoms with Crippen molar-refractivity contribution in [3.8, 4) is 5.75 Å². The average Bonchev–Trinajstić information content (AvgIpc) is 3.08. The standard InChI is InChI=1S/C19H27N3O3/c1-20(2)18(23)13-21-8-10-22(11-9-21)19(24)14-25-17-7-6-15-4-3-5-16(15)12-17/h6-7,12H,3-5,8-11,13-14H2,1-2H3. The van der Waals surface area contributed by atoms with E-state index in [9.17, 15) is 9.59 Å². The molecule has 6 nitrogen and oxygen atoms in total. The normalized spacial score (nSPS) is 17.3.